The number of aliphatic hydroxyl groups excluding tert-OH is 1. The van der Waals surface area contributed by atoms with Crippen molar-refractivity contribution in [3.05, 3.63) is 0 Å². The molecule has 0 saturated carbocycles. The average Bonchev–Trinajstić information content (AvgIpc) is 2.52. The predicted octanol–water partition coefficient (Wildman–Crippen LogP) is 1.09. The molecule has 0 aliphatic rings. The van der Waals surface area contributed by atoms with Gasteiger partial charge in [0.1, 0.15) is 12.3 Å². The van der Waals surface area contributed by atoms with Crippen LogP contribution in [-0.4, -0.2) is 49.3 Å². The van der Waals surface area contributed by atoms with Crippen LogP contribution in [0.1, 0.15) is 71.6 Å². The Balaban J connectivity index is 3.68. The summed E-state index contributed by atoms with van der Waals surface area (Å²) in [6.45, 7) is 3.40. The van der Waals surface area contributed by atoms with Gasteiger partial charge >= 0.3 is 5.97 Å². The van der Waals surface area contributed by atoms with Crippen molar-refractivity contribution in [1.29, 1.82) is 0 Å². The van der Waals surface area contributed by atoms with E-state index in [2.05, 4.69) is 12.2 Å². The van der Waals surface area contributed by atoms with Crippen molar-refractivity contribution in [1.82, 2.24) is 5.32 Å². The van der Waals surface area contributed by atoms with Crippen molar-refractivity contribution in [3.63, 3.8) is 0 Å². The fourth-order valence-electron chi connectivity index (χ4n) is 2.13. The number of Topliss-reactive ketones (excluding diaryl/α,β-unsaturated/α-hetero) is 1. The molecule has 0 aliphatic heterocycles. The van der Waals surface area contributed by atoms with Crippen molar-refractivity contribution in [2.45, 2.75) is 83.7 Å². The van der Waals surface area contributed by atoms with E-state index in [-0.39, 0.29) is 18.7 Å². The summed E-state index contributed by atoms with van der Waals surface area (Å²) in [6.07, 6.45) is 7.33. The summed E-state index contributed by atoms with van der Waals surface area (Å²) in [4.78, 5) is 34.7. The van der Waals surface area contributed by atoms with E-state index in [4.69, 9.17) is 4.74 Å². The topological polar surface area (TPSA) is 92.7 Å². The first kappa shape index (κ1) is 22.6. The van der Waals surface area contributed by atoms with Crippen LogP contribution in [0.15, 0.2) is 0 Å². The zero-order valence-corrected chi connectivity index (χ0v) is 15.3. The number of esters is 1. The van der Waals surface area contributed by atoms with Crippen molar-refractivity contribution >= 4 is 25.5 Å². The van der Waals surface area contributed by atoms with Crippen LogP contribution in [0.4, 0.5) is 0 Å². The lowest BCUT2D eigenvalue weighted by Crippen LogP contribution is -2.36. The number of carbonyl (C=O) groups excluding carboxylic acids is 3. The molecular weight excluding hydrogens is 309 g/mol. The Morgan fingerprint density at radius 2 is 1.67 bits per heavy atom. The largest absolute Gasteiger partial charge is 0.468 e. The third-order valence-electron chi connectivity index (χ3n) is 3.84. The van der Waals surface area contributed by atoms with Crippen molar-refractivity contribution in [2.75, 3.05) is 6.54 Å². The molecule has 2 N–H and O–H groups in total. The maximum absolute atomic E-state index is 11.7. The summed E-state index contributed by atoms with van der Waals surface area (Å²) < 4.78 is 4.90. The van der Waals surface area contributed by atoms with Gasteiger partial charge in [0, 0.05) is 6.42 Å². The molecule has 2 atom stereocenters. The zero-order valence-electron chi connectivity index (χ0n) is 15.3. The number of rotatable bonds is 14. The minimum Gasteiger partial charge on any atom is -0.468 e. The highest BCUT2D eigenvalue weighted by atomic mass is 16.5. The van der Waals surface area contributed by atoms with Crippen LogP contribution in [-0.2, 0) is 19.1 Å². The van der Waals surface area contributed by atoms with Crippen LogP contribution in [0.5, 0.6) is 0 Å². The Morgan fingerprint density at radius 3 is 2.25 bits per heavy atom. The van der Waals surface area contributed by atoms with Gasteiger partial charge in [-0.1, -0.05) is 45.4 Å². The maximum atomic E-state index is 11.7. The first-order valence-corrected chi connectivity index (χ1v) is 9.02. The minimum absolute atomic E-state index is 0.105. The fraction of sp³-hybridized carbons (Fsp3) is 0.824. The van der Waals surface area contributed by atoms with E-state index in [9.17, 15) is 19.5 Å². The van der Waals surface area contributed by atoms with Gasteiger partial charge in [0.25, 0.3) is 0 Å². The maximum Gasteiger partial charge on any atom is 0.325 e. The Kier molecular flexibility index (Phi) is 13.2. The number of ether oxygens (including phenoxy) is 1. The molecule has 0 aromatic rings. The SMILES string of the molecule is B[C@H](OC(=O)CNC(=O)CC(=O)CCCCCCCCC)[C@@H](C)O. The van der Waals surface area contributed by atoms with Crippen LogP contribution in [0.2, 0.25) is 0 Å². The molecule has 24 heavy (non-hydrogen) atoms. The first-order chi connectivity index (χ1) is 11.4. The third-order valence-corrected chi connectivity index (χ3v) is 3.84. The van der Waals surface area contributed by atoms with Gasteiger partial charge in [-0.3, -0.25) is 14.4 Å². The summed E-state index contributed by atoms with van der Waals surface area (Å²) in [7, 11) is 1.57. The molecule has 0 radical (unpaired) electrons. The molecule has 7 heteroatoms. The van der Waals surface area contributed by atoms with Crippen LogP contribution in [0.3, 0.4) is 0 Å². The van der Waals surface area contributed by atoms with E-state index < -0.39 is 24.0 Å². The molecule has 1 amide bonds. The highest BCUT2D eigenvalue weighted by molar-refractivity contribution is 6.12. The lowest BCUT2D eigenvalue weighted by Gasteiger charge is -2.16. The second-order valence-corrected chi connectivity index (χ2v) is 6.30. The fourth-order valence-corrected chi connectivity index (χ4v) is 2.13. The highest BCUT2D eigenvalue weighted by Crippen LogP contribution is 2.09. The molecule has 0 spiro atoms. The van der Waals surface area contributed by atoms with Crippen molar-refractivity contribution in [2.24, 2.45) is 0 Å². The summed E-state index contributed by atoms with van der Waals surface area (Å²) in [6, 6.07) is -0.631. The first-order valence-electron chi connectivity index (χ1n) is 9.02. The Hall–Kier alpha value is -1.37. The lowest BCUT2D eigenvalue weighted by molar-refractivity contribution is -0.149. The average molecular weight is 341 g/mol. The van der Waals surface area contributed by atoms with Crippen molar-refractivity contribution < 1.29 is 24.2 Å². The number of amides is 1. The molecule has 0 unspecified atom stereocenters. The summed E-state index contributed by atoms with van der Waals surface area (Å²) >= 11 is 0. The number of hydrogen-bond acceptors (Lipinski definition) is 5. The number of nitrogens with one attached hydrogen (secondary N) is 1. The standard InChI is InChI=1S/C17H32BNO5/c1-3-4-5-6-7-8-9-10-14(21)11-15(22)19-12-16(23)24-17(18)13(2)20/h13,17,20H,3-12,18H2,1-2H3,(H,19,22)/t13-,17-/m1/s1. The number of unbranched alkanes of at least 4 members (excludes halogenated alkanes) is 6. The summed E-state index contributed by atoms with van der Waals surface area (Å²) in [5.41, 5.74) is 0. The predicted molar refractivity (Wildman–Crippen MR) is 95.3 cm³/mol. The van der Waals surface area contributed by atoms with Gasteiger partial charge in [-0.05, 0) is 13.3 Å². The van der Waals surface area contributed by atoms with Crippen LogP contribution >= 0.6 is 0 Å². The minimum atomic E-state index is -0.770. The smallest absolute Gasteiger partial charge is 0.325 e. The molecule has 0 aromatic heterocycles. The van der Waals surface area contributed by atoms with E-state index in [0.717, 1.165) is 19.3 Å². The Labute approximate surface area is 146 Å². The second-order valence-electron chi connectivity index (χ2n) is 6.30. The zero-order chi connectivity index (χ0) is 18.4. The van der Waals surface area contributed by atoms with E-state index in [1.165, 1.54) is 32.6 Å². The molecule has 0 aromatic carbocycles. The van der Waals surface area contributed by atoms with Gasteiger partial charge in [-0.2, -0.15) is 0 Å². The molecule has 6 nitrogen and oxygen atoms in total. The quantitative estimate of drug-likeness (QED) is 0.213. The molecule has 0 saturated heterocycles. The number of ketones is 1. The second kappa shape index (κ2) is 14.0. The van der Waals surface area contributed by atoms with Gasteiger partial charge in [0.2, 0.25) is 5.91 Å². The summed E-state index contributed by atoms with van der Waals surface area (Å²) in [5.74, 6) is -1.20. The van der Waals surface area contributed by atoms with Gasteiger partial charge in [0.05, 0.1) is 18.5 Å². The van der Waals surface area contributed by atoms with E-state index in [0.29, 0.717) is 6.42 Å². The molecule has 0 bridgehead atoms. The van der Waals surface area contributed by atoms with E-state index in [1.54, 1.807) is 7.85 Å². The molecular formula is C17H32BNO5. The molecule has 0 heterocycles. The monoisotopic (exact) mass is 341 g/mol. The molecule has 0 aliphatic carbocycles. The molecule has 0 fully saturated rings. The van der Waals surface area contributed by atoms with Crippen LogP contribution < -0.4 is 5.32 Å². The van der Waals surface area contributed by atoms with Gasteiger partial charge in [0.15, 0.2) is 7.85 Å². The van der Waals surface area contributed by atoms with Gasteiger partial charge in [-0.15, -0.1) is 0 Å². The van der Waals surface area contributed by atoms with Crippen molar-refractivity contribution in [3.8, 4) is 0 Å². The van der Waals surface area contributed by atoms with E-state index in [1.807, 2.05) is 0 Å². The van der Waals surface area contributed by atoms with E-state index >= 15 is 0 Å². The van der Waals surface area contributed by atoms with Gasteiger partial charge in [-0.25, -0.2) is 0 Å². The number of aliphatic hydroxyl groups is 1. The third kappa shape index (κ3) is 13.1. The molecule has 0 rings (SSSR count). The normalized spacial score (nSPS) is 13.1. The molecule has 138 valence electrons. The Bertz CT molecular complexity index is 387. The highest BCUT2D eigenvalue weighted by Gasteiger charge is 2.15. The van der Waals surface area contributed by atoms with Gasteiger partial charge < -0.3 is 15.2 Å². The Morgan fingerprint density at radius 1 is 1.08 bits per heavy atom. The van der Waals surface area contributed by atoms with Crippen LogP contribution in [0.25, 0.3) is 0 Å². The summed E-state index contributed by atoms with van der Waals surface area (Å²) in [5, 5.41) is 11.6. The lowest BCUT2D eigenvalue weighted by atomic mass is 9.95. The number of hydrogen-bond donors (Lipinski definition) is 2. The van der Waals surface area contributed by atoms with Crippen LogP contribution in [0, 0.1) is 0 Å². The number of carbonyl (C=O) groups is 3.